The van der Waals surface area contributed by atoms with Crippen molar-refractivity contribution >= 4 is 29.1 Å². The molecule has 0 amide bonds. The Morgan fingerprint density at radius 3 is 3.09 bits per heavy atom. The van der Waals surface area contributed by atoms with Crippen molar-refractivity contribution < 1.29 is 4.74 Å². The fraction of sp³-hybridized carbons (Fsp3) is 0.688. The lowest BCUT2D eigenvalue weighted by Gasteiger charge is -2.37. The number of morpholine rings is 1. The second kappa shape index (κ2) is 10.2. The topological polar surface area (TPSA) is 48.9 Å². The SMILES string of the molecule is CN=C(NCCSC)NCC(c1cccs1)N1CCOC(C)C1. The first-order valence-electron chi connectivity index (χ1n) is 8.07. The summed E-state index contributed by atoms with van der Waals surface area (Å²) in [6.45, 7) is 6.69. The van der Waals surface area contributed by atoms with Crippen LogP contribution in [-0.4, -0.2) is 68.8 Å². The quantitative estimate of drug-likeness (QED) is 0.445. The lowest BCUT2D eigenvalue weighted by atomic mass is 10.1. The van der Waals surface area contributed by atoms with Crippen molar-refractivity contribution in [3.05, 3.63) is 22.4 Å². The molecule has 0 radical (unpaired) electrons. The Hall–Kier alpha value is -0.760. The molecule has 0 bridgehead atoms. The van der Waals surface area contributed by atoms with Gasteiger partial charge in [-0.1, -0.05) is 6.07 Å². The maximum Gasteiger partial charge on any atom is 0.191 e. The molecule has 2 N–H and O–H groups in total. The van der Waals surface area contributed by atoms with Crippen molar-refractivity contribution in [1.82, 2.24) is 15.5 Å². The van der Waals surface area contributed by atoms with Crippen LogP contribution in [0.3, 0.4) is 0 Å². The van der Waals surface area contributed by atoms with Crippen molar-refractivity contribution in [1.29, 1.82) is 0 Å². The smallest absolute Gasteiger partial charge is 0.191 e. The Kier molecular flexibility index (Phi) is 8.22. The van der Waals surface area contributed by atoms with Gasteiger partial charge < -0.3 is 15.4 Å². The van der Waals surface area contributed by atoms with Gasteiger partial charge in [-0.3, -0.25) is 9.89 Å². The van der Waals surface area contributed by atoms with Crippen LogP contribution < -0.4 is 10.6 Å². The van der Waals surface area contributed by atoms with Crippen LogP contribution in [0.2, 0.25) is 0 Å². The van der Waals surface area contributed by atoms with Gasteiger partial charge in [0, 0.05) is 43.9 Å². The number of ether oxygens (including phenoxy) is 1. The van der Waals surface area contributed by atoms with Gasteiger partial charge in [-0.05, 0) is 24.6 Å². The average Bonchev–Trinajstić information content (AvgIpc) is 3.08. The van der Waals surface area contributed by atoms with E-state index >= 15 is 0 Å². The second-order valence-electron chi connectivity index (χ2n) is 5.58. The largest absolute Gasteiger partial charge is 0.376 e. The summed E-state index contributed by atoms with van der Waals surface area (Å²) >= 11 is 3.65. The highest BCUT2D eigenvalue weighted by atomic mass is 32.2. The summed E-state index contributed by atoms with van der Waals surface area (Å²) in [5.74, 6) is 1.96. The molecule has 5 nitrogen and oxygen atoms in total. The molecule has 0 aromatic carbocycles. The minimum atomic E-state index is 0.297. The van der Waals surface area contributed by atoms with Gasteiger partial charge in [0.1, 0.15) is 0 Å². The number of thiophene rings is 1. The Balaban J connectivity index is 1.95. The number of rotatable bonds is 7. The Morgan fingerprint density at radius 2 is 2.43 bits per heavy atom. The van der Waals surface area contributed by atoms with Crippen LogP contribution in [0.25, 0.3) is 0 Å². The van der Waals surface area contributed by atoms with E-state index < -0.39 is 0 Å². The molecule has 1 fully saturated rings. The van der Waals surface area contributed by atoms with Crippen LogP contribution in [-0.2, 0) is 4.74 Å². The Morgan fingerprint density at radius 1 is 1.57 bits per heavy atom. The van der Waals surface area contributed by atoms with Crippen molar-refractivity contribution in [2.45, 2.75) is 19.1 Å². The molecule has 1 aromatic heterocycles. The molecule has 2 atom stereocenters. The predicted octanol–water partition coefficient (Wildman–Crippen LogP) is 2.04. The molecule has 7 heteroatoms. The molecular weight excluding hydrogens is 328 g/mol. The molecule has 1 aliphatic heterocycles. The first kappa shape index (κ1) is 18.6. The first-order valence-corrected chi connectivity index (χ1v) is 10.3. The third kappa shape index (κ3) is 5.99. The van der Waals surface area contributed by atoms with Gasteiger partial charge in [-0.15, -0.1) is 11.3 Å². The fourth-order valence-electron chi connectivity index (χ4n) is 2.70. The summed E-state index contributed by atoms with van der Waals surface area (Å²) in [5, 5.41) is 8.99. The van der Waals surface area contributed by atoms with E-state index in [0.29, 0.717) is 12.1 Å². The number of nitrogens with one attached hydrogen (secondary N) is 2. The molecule has 130 valence electrons. The summed E-state index contributed by atoms with van der Waals surface area (Å²) in [6.07, 6.45) is 2.41. The van der Waals surface area contributed by atoms with E-state index in [9.17, 15) is 0 Å². The van der Waals surface area contributed by atoms with Crippen molar-refractivity contribution in [2.24, 2.45) is 4.99 Å². The lowest BCUT2D eigenvalue weighted by molar-refractivity contribution is -0.0334. The third-order valence-electron chi connectivity index (χ3n) is 3.87. The Labute approximate surface area is 147 Å². The molecular formula is C16H28N4OS2. The van der Waals surface area contributed by atoms with Crippen LogP contribution in [0.4, 0.5) is 0 Å². The Bertz CT molecular complexity index is 467. The van der Waals surface area contributed by atoms with Crippen LogP contribution in [0, 0.1) is 0 Å². The fourth-order valence-corrected chi connectivity index (χ4v) is 3.87. The van der Waals surface area contributed by atoms with Gasteiger partial charge in [-0.25, -0.2) is 0 Å². The third-order valence-corrected chi connectivity index (χ3v) is 5.46. The summed E-state index contributed by atoms with van der Waals surface area (Å²) in [4.78, 5) is 8.23. The molecule has 0 aliphatic carbocycles. The summed E-state index contributed by atoms with van der Waals surface area (Å²) < 4.78 is 5.69. The number of aliphatic imine (C=N–C) groups is 1. The van der Waals surface area contributed by atoms with Crippen molar-refractivity contribution in [2.75, 3.05) is 51.8 Å². The highest BCUT2D eigenvalue weighted by Gasteiger charge is 2.26. The van der Waals surface area contributed by atoms with E-state index in [1.54, 1.807) is 0 Å². The van der Waals surface area contributed by atoms with E-state index in [4.69, 9.17) is 4.74 Å². The van der Waals surface area contributed by atoms with Crippen LogP contribution in [0.5, 0.6) is 0 Å². The lowest BCUT2D eigenvalue weighted by Crippen LogP contribution is -2.48. The molecule has 2 unspecified atom stereocenters. The minimum Gasteiger partial charge on any atom is -0.376 e. The molecule has 0 saturated carbocycles. The summed E-state index contributed by atoms with van der Waals surface area (Å²) in [7, 11) is 1.82. The molecule has 1 aromatic rings. The maximum atomic E-state index is 5.69. The van der Waals surface area contributed by atoms with E-state index in [-0.39, 0.29) is 0 Å². The minimum absolute atomic E-state index is 0.297. The molecule has 2 heterocycles. The zero-order valence-corrected chi connectivity index (χ0v) is 15.9. The van der Waals surface area contributed by atoms with Crippen LogP contribution in [0.15, 0.2) is 22.5 Å². The van der Waals surface area contributed by atoms with E-state index in [2.05, 4.69) is 51.2 Å². The van der Waals surface area contributed by atoms with Gasteiger partial charge in [0.15, 0.2) is 5.96 Å². The molecule has 1 aliphatic rings. The van der Waals surface area contributed by atoms with E-state index in [1.807, 2.05) is 30.1 Å². The van der Waals surface area contributed by atoms with Gasteiger partial charge in [0.05, 0.1) is 18.8 Å². The van der Waals surface area contributed by atoms with Gasteiger partial charge >= 0.3 is 0 Å². The van der Waals surface area contributed by atoms with Crippen LogP contribution in [0.1, 0.15) is 17.8 Å². The van der Waals surface area contributed by atoms with Gasteiger partial charge in [0.25, 0.3) is 0 Å². The molecule has 2 rings (SSSR count). The normalized spacial score (nSPS) is 21.2. The molecule has 0 spiro atoms. The van der Waals surface area contributed by atoms with E-state index in [0.717, 1.165) is 44.5 Å². The van der Waals surface area contributed by atoms with Gasteiger partial charge in [-0.2, -0.15) is 11.8 Å². The molecule has 1 saturated heterocycles. The number of thioether (sulfide) groups is 1. The van der Waals surface area contributed by atoms with E-state index in [1.165, 1.54) is 4.88 Å². The average molecular weight is 357 g/mol. The number of nitrogens with zero attached hydrogens (tertiary/aromatic N) is 2. The number of guanidine groups is 1. The maximum absolute atomic E-state index is 5.69. The van der Waals surface area contributed by atoms with Gasteiger partial charge in [0.2, 0.25) is 0 Å². The predicted molar refractivity (Wildman–Crippen MR) is 102 cm³/mol. The summed E-state index contributed by atoms with van der Waals surface area (Å²) in [6, 6.07) is 4.71. The highest BCUT2D eigenvalue weighted by molar-refractivity contribution is 7.98. The summed E-state index contributed by atoms with van der Waals surface area (Å²) in [5.41, 5.74) is 0. The zero-order chi connectivity index (χ0) is 16.5. The second-order valence-corrected chi connectivity index (χ2v) is 7.55. The zero-order valence-electron chi connectivity index (χ0n) is 14.2. The monoisotopic (exact) mass is 356 g/mol. The van der Waals surface area contributed by atoms with Crippen molar-refractivity contribution in [3.8, 4) is 0 Å². The number of hydrogen-bond acceptors (Lipinski definition) is 5. The van der Waals surface area contributed by atoms with Crippen molar-refractivity contribution in [3.63, 3.8) is 0 Å². The standard InChI is InChI=1S/C16H28N4OS2/c1-13-12-20(7-8-21-13)14(15-5-4-9-23-15)11-19-16(17-2)18-6-10-22-3/h4-5,9,13-14H,6-8,10-12H2,1-3H3,(H2,17,18,19). The first-order chi connectivity index (χ1) is 11.2. The number of hydrogen-bond donors (Lipinski definition) is 2. The van der Waals surface area contributed by atoms with Crippen LogP contribution >= 0.6 is 23.1 Å². The molecule has 23 heavy (non-hydrogen) atoms. The highest BCUT2D eigenvalue weighted by Crippen LogP contribution is 2.26.